The fourth-order valence-corrected chi connectivity index (χ4v) is 4.28. The Morgan fingerprint density at radius 1 is 1.17 bits per heavy atom. The second-order valence-electron chi connectivity index (χ2n) is 8.31. The lowest BCUT2D eigenvalue weighted by atomic mass is 10.1. The van der Waals surface area contributed by atoms with Crippen molar-refractivity contribution < 1.29 is 9.90 Å². The average molecular weight is 503 g/mol. The van der Waals surface area contributed by atoms with Crippen molar-refractivity contribution in [3.63, 3.8) is 0 Å². The summed E-state index contributed by atoms with van der Waals surface area (Å²) in [7, 11) is 0. The number of H-pyrrole nitrogens is 2. The quantitative estimate of drug-likeness (QED) is 0.215. The molecule has 0 radical (unpaired) electrons. The van der Waals surface area contributed by atoms with E-state index in [1.165, 1.54) is 6.08 Å². The van der Waals surface area contributed by atoms with Crippen LogP contribution >= 0.6 is 11.6 Å². The number of carbonyl (C=O) groups excluding carboxylic acids is 1. The third-order valence-corrected chi connectivity index (χ3v) is 6.04. The number of fused-ring (bicyclic) bond motifs is 1. The number of amides is 1. The van der Waals surface area contributed by atoms with Crippen molar-refractivity contribution in [1.82, 2.24) is 30.9 Å². The van der Waals surface area contributed by atoms with E-state index in [1.54, 1.807) is 30.5 Å². The highest BCUT2D eigenvalue weighted by Gasteiger charge is 2.21. The second-order valence-corrected chi connectivity index (χ2v) is 8.68. The first kappa shape index (κ1) is 23.3. The summed E-state index contributed by atoms with van der Waals surface area (Å²) < 4.78 is 0. The molecule has 1 amide bonds. The van der Waals surface area contributed by atoms with Gasteiger partial charge < -0.3 is 31.0 Å². The van der Waals surface area contributed by atoms with Crippen molar-refractivity contribution in [2.24, 2.45) is 0 Å². The molecule has 2 aromatic carbocycles. The maximum Gasteiger partial charge on any atom is 0.252 e. The van der Waals surface area contributed by atoms with Crippen molar-refractivity contribution in [2.75, 3.05) is 6.67 Å². The zero-order valence-corrected chi connectivity index (χ0v) is 19.8. The van der Waals surface area contributed by atoms with Gasteiger partial charge in [-0.2, -0.15) is 0 Å². The highest BCUT2D eigenvalue weighted by atomic mass is 35.5. The van der Waals surface area contributed by atoms with E-state index in [1.807, 2.05) is 30.3 Å². The van der Waals surface area contributed by atoms with Gasteiger partial charge in [-0.3, -0.25) is 9.59 Å². The Morgan fingerprint density at radius 2 is 2.00 bits per heavy atom. The highest BCUT2D eigenvalue weighted by Crippen LogP contribution is 2.32. The molecule has 0 spiro atoms. The number of hydrogen-bond acceptors (Lipinski definition) is 6. The lowest BCUT2D eigenvalue weighted by Gasteiger charge is -2.16. The van der Waals surface area contributed by atoms with Crippen LogP contribution in [0, 0.1) is 0 Å². The van der Waals surface area contributed by atoms with Crippen molar-refractivity contribution in [2.45, 2.75) is 12.5 Å². The number of halogens is 1. The van der Waals surface area contributed by atoms with Crippen LogP contribution in [-0.2, 0) is 11.2 Å². The van der Waals surface area contributed by atoms with Gasteiger partial charge in [-0.05, 0) is 30.2 Å². The van der Waals surface area contributed by atoms with Gasteiger partial charge in [0.1, 0.15) is 22.4 Å². The number of nitrogens with one attached hydrogen (secondary N) is 5. The smallest absolute Gasteiger partial charge is 0.252 e. The van der Waals surface area contributed by atoms with Gasteiger partial charge in [0.2, 0.25) is 5.91 Å². The van der Waals surface area contributed by atoms with Crippen LogP contribution in [0.5, 0.6) is 5.75 Å². The van der Waals surface area contributed by atoms with Crippen LogP contribution in [0.15, 0.2) is 83.4 Å². The van der Waals surface area contributed by atoms with Crippen molar-refractivity contribution in [1.29, 1.82) is 0 Å². The van der Waals surface area contributed by atoms with Gasteiger partial charge in [0.15, 0.2) is 0 Å². The summed E-state index contributed by atoms with van der Waals surface area (Å²) in [5.41, 5.74) is 3.05. The number of imidazole rings is 1. The number of aromatic amines is 2. The van der Waals surface area contributed by atoms with Gasteiger partial charge in [0.25, 0.3) is 5.56 Å². The molecule has 0 saturated heterocycles. The summed E-state index contributed by atoms with van der Waals surface area (Å²) >= 11 is 6.54. The molecule has 2 aromatic heterocycles. The lowest BCUT2D eigenvalue weighted by Crippen LogP contribution is -2.29. The summed E-state index contributed by atoms with van der Waals surface area (Å²) in [5.74, 6) is 0.0796. The molecular formula is C26H23ClN6O3. The Morgan fingerprint density at radius 3 is 2.78 bits per heavy atom. The Labute approximate surface area is 210 Å². The van der Waals surface area contributed by atoms with Gasteiger partial charge in [-0.15, -0.1) is 0 Å². The van der Waals surface area contributed by atoms with Crippen molar-refractivity contribution in [3.8, 4) is 17.0 Å². The van der Waals surface area contributed by atoms with Gasteiger partial charge >= 0.3 is 0 Å². The number of carbonyl (C=O) groups is 1. The number of pyridine rings is 1. The van der Waals surface area contributed by atoms with E-state index >= 15 is 0 Å². The van der Waals surface area contributed by atoms with Crippen molar-refractivity contribution >= 4 is 28.4 Å². The SMILES string of the molecule is O=C(/C=C/C1=CNCN1)N[C@@H](Cc1ccccc1)c1nc(-c2ccc3[nH]c(=O)cc(O)c3c2)c(Cl)[nH]1. The predicted octanol–water partition coefficient (Wildman–Crippen LogP) is 3.23. The van der Waals surface area contributed by atoms with Gasteiger partial charge in [-0.25, -0.2) is 4.98 Å². The maximum atomic E-state index is 12.7. The standard InChI is InChI=1S/C26H23ClN6O3/c27-25-24(16-6-8-19-18(11-16)21(34)12-23(36)30-19)32-26(33-25)20(10-15-4-2-1-3-5-15)31-22(35)9-7-17-13-28-14-29-17/h1-9,11-13,20,28-29H,10,14H2,(H,31,35)(H,32,33)(H2,30,34,36)/b9-7+/t20-/m0/s1. The van der Waals surface area contributed by atoms with Crippen LogP contribution in [-0.4, -0.2) is 32.6 Å². The van der Waals surface area contributed by atoms with E-state index in [9.17, 15) is 14.7 Å². The molecule has 1 aliphatic heterocycles. The molecule has 1 aliphatic rings. The van der Waals surface area contributed by atoms with Crippen LogP contribution in [0.3, 0.4) is 0 Å². The topological polar surface area (TPSA) is 135 Å². The van der Waals surface area contributed by atoms with Gasteiger partial charge in [0, 0.05) is 29.3 Å². The van der Waals surface area contributed by atoms with Gasteiger partial charge in [-0.1, -0.05) is 48.0 Å². The zero-order chi connectivity index (χ0) is 25.1. The average Bonchev–Trinajstić information content (AvgIpc) is 3.53. The maximum absolute atomic E-state index is 12.7. The zero-order valence-electron chi connectivity index (χ0n) is 19.0. The Hall–Kier alpha value is -4.50. The fraction of sp³-hybridized carbons (Fsp3) is 0.115. The van der Waals surface area contributed by atoms with Crippen LogP contribution in [0.4, 0.5) is 0 Å². The van der Waals surface area contributed by atoms with E-state index in [0.29, 0.717) is 46.2 Å². The van der Waals surface area contributed by atoms with Crippen molar-refractivity contribution in [3.05, 3.63) is 106 Å². The van der Waals surface area contributed by atoms with Crippen LogP contribution in [0.25, 0.3) is 22.2 Å². The summed E-state index contributed by atoms with van der Waals surface area (Å²) in [6, 6.07) is 15.5. The summed E-state index contributed by atoms with van der Waals surface area (Å²) in [6.07, 6.45) is 5.44. The van der Waals surface area contributed by atoms with Gasteiger partial charge in [0.05, 0.1) is 23.9 Å². The number of benzene rings is 2. The second kappa shape index (κ2) is 10.0. The summed E-state index contributed by atoms with van der Waals surface area (Å²) in [6.45, 7) is 0.619. The molecule has 0 fully saturated rings. The number of rotatable bonds is 7. The first-order valence-electron chi connectivity index (χ1n) is 11.3. The molecule has 3 heterocycles. The van der Waals surface area contributed by atoms with E-state index in [-0.39, 0.29) is 11.7 Å². The third-order valence-electron chi connectivity index (χ3n) is 5.77. The van der Waals surface area contributed by atoms with E-state index in [0.717, 1.165) is 17.3 Å². The normalized spacial score (nSPS) is 13.9. The number of aromatic hydroxyl groups is 1. The molecule has 182 valence electrons. The molecule has 0 saturated carbocycles. The number of nitrogens with zero attached hydrogens (tertiary/aromatic N) is 1. The lowest BCUT2D eigenvalue weighted by molar-refractivity contribution is -0.117. The first-order chi connectivity index (χ1) is 17.5. The molecular weight excluding hydrogens is 480 g/mol. The molecule has 36 heavy (non-hydrogen) atoms. The molecule has 1 atom stereocenters. The molecule has 9 nitrogen and oxygen atoms in total. The minimum atomic E-state index is -0.482. The summed E-state index contributed by atoms with van der Waals surface area (Å²) in [4.78, 5) is 34.9. The monoisotopic (exact) mass is 502 g/mol. The minimum Gasteiger partial charge on any atom is -0.507 e. The minimum absolute atomic E-state index is 0.134. The summed E-state index contributed by atoms with van der Waals surface area (Å²) in [5, 5.41) is 20.1. The fourth-order valence-electron chi connectivity index (χ4n) is 4.03. The molecule has 6 N–H and O–H groups in total. The molecule has 10 heteroatoms. The van der Waals surface area contributed by atoms with E-state index < -0.39 is 11.6 Å². The predicted molar refractivity (Wildman–Crippen MR) is 138 cm³/mol. The largest absolute Gasteiger partial charge is 0.507 e. The van der Waals surface area contributed by atoms with Crippen LogP contribution in [0.1, 0.15) is 17.4 Å². The molecule has 0 bridgehead atoms. The van der Waals surface area contributed by atoms with Crippen LogP contribution < -0.4 is 21.5 Å². The number of aromatic nitrogens is 3. The van der Waals surface area contributed by atoms with E-state index in [2.05, 4.69) is 25.9 Å². The molecule has 0 aliphatic carbocycles. The Bertz CT molecular complexity index is 1540. The molecule has 0 unspecified atom stereocenters. The highest BCUT2D eigenvalue weighted by molar-refractivity contribution is 6.32. The van der Waals surface area contributed by atoms with E-state index in [4.69, 9.17) is 16.6 Å². The first-order valence-corrected chi connectivity index (χ1v) is 11.7. The number of allylic oxidation sites excluding steroid dienone is 1. The Kier molecular flexibility index (Phi) is 6.46. The number of hydrogen-bond donors (Lipinski definition) is 6. The Balaban J connectivity index is 1.46. The molecule has 4 aromatic rings. The van der Waals surface area contributed by atoms with Crippen LogP contribution in [0.2, 0.25) is 5.15 Å². The molecule has 5 rings (SSSR count). The third kappa shape index (κ3) is 5.11.